The van der Waals surface area contributed by atoms with Crippen molar-refractivity contribution in [1.82, 2.24) is 5.32 Å². The van der Waals surface area contributed by atoms with Crippen LogP contribution in [0.1, 0.15) is 29.6 Å². The van der Waals surface area contributed by atoms with Crippen LogP contribution in [0.3, 0.4) is 0 Å². The third-order valence-electron chi connectivity index (χ3n) is 3.04. The Balaban J connectivity index is 1.97. The van der Waals surface area contributed by atoms with Crippen LogP contribution < -0.4 is 5.32 Å². The van der Waals surface area contributed by atoms with Crippen molar-refractivity contribution in [2.45, 2.75) is 24.9 Å². The summed E-state index contributed by atoms with van der Waals surface area (Å²) in [5.74, 6) is -0.192. The summed E-state index contributed by atoms with van der Waals surface area (Å²) < 4.78 is 0.689. The van der Waals surface area contributed by atoms with Gasteiger partial charge in [0.2, 0.25) is 0 Å². The highest BCUT2D eigenvalue weighted by Crippen LogP contribution is 2.30. The first-order valence-corrected chi connectivity index (χ1v) is 6.63. The Morgan fingerprint density at radius 3 is 2.76 bits per heavy atom. The average Bonchev–Trinajstić information content (AvgIpc) is 2.27. The number of carbonyl (C=O) groups excluding carboxylic acids is 1. The topological polar surface area (TPSA) is 49.3 Å². The van der Waals surface area contributed by atoms with Gasteiger partial charge in [0.05, 0.1) is 10.6 Å². The molecule has 0 aliphatic heterocycles. The van der Waals surface area contributed by atoms with E-state index in [9.17, 15) is 9.90 Å². The molecule has 1 aliphatic carbocycles. The van der Waals surface area contributed by atoms with E-state index in [0.29, 0.717) is 21.6 Å². The normalized spacial score (nSPS) is 17.4. The van der Waals surface area contributed by atoms with Gasteiger partial charge in [0.1, 0.15) is 0 Å². The number of nitrogens with one attached hydrogen (secondary N) is 1. The molecule has 0 heterocycles. The maximum absolute atomic E-state index is 11.8. The zero-order valence-corrected chi connectivity index (χ0v) is 11.5. The van der Waals surface area contributed by atoms with Gasteiger partial charge in [-0.2, -0.15) is 0 Å². The van der Waals surface area contributed by atoms with Crippen molar-refractivity contribution < 1.29 is 9.90 Å². The highest BCUT2D eigenvalue weighted by molar-refractivity contribution is 9.10. The van der Waals surface area contributed by atoms with Crippen molar-refractivity contribution >= 4 is 33.4 Å². The third kappa shape index (κ3) is 3.00. The molecule has 1 aromatic carbocycles. The van der Waals surface area contributed by atoms with Crippen LogP contribution in [-0.2, 0) is 0 Å². The van der Waals surface area contributed by atoms with Gasteiger partial charge in [-0.25, -0.2) is 0 Å². The molecule has 92 valence electrons. The molecule has 0 bridgehead atoms. The fraction of sp³-hybridized carbons (Fsp3) is 0.417. The van der Waals surface area contributed by atoms with Gasteiger partial charge < -0.3 is 10.4 Å². The lowest BCUT2D eigenvalue weighted by atomic mass is 9.80. The van der Waals surface area contributed by atoms with Gasteiger partial charge in [-0.1, -0.05) is 11.6 Å². The minimum absolute atomic E-state index is 0.192. The summed E-state index contributed by atoms with van der Waals surface area (Å²) in [7, 11) is 0. The second-order valence-electron chi connectivity index (χ2n) is 4.39. The van der Waals surface area contributed by atoms with Crippen LogP contribution in [0.5, 0.6) is 0 Å². The van der Waals surface area contributed by atoms with E-state index in [0.717, 1.165) is 19.3 Å². The zero-order chi connectivity index (χ0) is 12.5. The largest absolute Gasteiger partial charge is 0.388 e. The minimum atomic E-state index is -0.695. The molecule has 17 heavy (non-hydrogen) atoms. The maximum Gasteiger partial charge on any atom is 0.251 e. The molecule has 2 N–H and O–H groups in total. The zero-order valence-electron chi connectivity index (χ0n) is 9.17. The van der Waals surface area contributed by atoms with Crippen LogP contribution in [0.2, 0.25) is 5.02 Å². The van der Waals surface area contributed by atoms with Gasteiger partial charge in [-0.3, -0.25) is 4.79 Å². The second kappa shape index (κ2) is 4.96. The highest BCUT2D eigenvalue weighted by atomic mass is 79.9. The van der Waals surface area contributed by atoms with Crippen molar-refractivity contribution in [1.29, 1.82) is 0 Å². The fourth-order valence-corrected chi connectivity index (χ4v) is 2.24. The predicted molar refractivity (Wildman–Crippen MR) is 70.3 cm³/mol. The van der Waals surface area contributed by atoms with Crippen molar-refractivity contribution in [3.05, 3.63) is 33.3 Å². The number of hydrogen-bond acceptors (Lipinski definition) is 2. The maximum atomic E-state index is 11.8. The molecule has 1 saturated carbocycles. The Morgan fingerprint density at radius 2 is 2.24 bits per heavy atom. The summed E-state index contributed by atoms with van der Waals surface area (Å²) in [4.78, 5) is 11.8. The smallest absolute Gasteiger partial charge is 0.251 e. The Morgan fingerprint density at radius 1 is 1.53 bits per heavy atom. The van der Waals surface area contributed by atoms with E-state index in [2.05, 4.69) is 21.2 Å². The van der Waals surface area contributed by atoms with Crippen LogP contribution in [0, 0.1) is 0 Å². The molecule has 0 aromatic heterocycles. The summed E-state index contributed by atoms with van der Waals surface area (Å²) in [5.41, 5.74) is -0.163. The van der Waals surface area contributed by atoms with E-state index in [4.69, 9.17) is 11.6 Å². The standard InChI is InChI=1S/C12H13BrClNO2/c13-9-6-8(2-3-10(9)14)11(16)15-7-12(17)4-1-5-12/h2-3,6,17H,1,4-5,7H2,(H,15,16). The first kappa shape index (κ1) is 12.9. The number of benzene rings is 1. The molecule has 0 saturated heterocycles. The molecule has 0 radical (unpaired) electrons. The van der Waals surface area contributed by atoms with E-state index < -0.39 is 5.60 Å². The molecule has 1 fully saturated rings. The van der Waals surface area contributed by atoms with E-state index in [1.165, 1.54) is 0 Å². The lowest BCUT2D eigenvalue weighted by Crippen LogP contribution is -2.47. The Kier molecular flexibility index (Phi) is 3.76. The summed E-state index contributed by atoms with van der Waals surface area (Å²) >= 11 is 9.12. The van der Waals surface area contributed by atoms with Crippen molar-refractivity contribution in [3.8, 4) is 0 Å². The third-order valence-corrected chi connectivity index (χ3v) is 4.26. The minimum Gasteiger partial charge on any atom is -0.388 e. The van der Waals surface area contributed by atoms with Crippen molar-refractivity contribution in [3.63, 3.8) is 0 Å². The highest BCUT2D eigenvalue weighted by Gasteiger charge is 2.34. The number of aliphatic hydroxyl groups is 1. The summed E-state index contributed by atoms with van der Waals surface area (Å²) in [6.45, 7) is 0.312. The number of halogens is 2. The molecule has 5 heteroatoms. The summed E-state index contributed by atoms with van der Waals surface area (Å²) in [5, 5.41) is 13.2. The molecule has 0 spiro atoms. The first-order chi connectivity index (χ1) is 8.00. The lowest BCUT2D eigenvalue weighted by Gasteiger charge is -2.36. The molecule has 0 unspecified atom stereocenters. The molecule has 1 aliphatic rings. The quantitative estimate of drug-likeness (QED) is 0.900. The number of amides is 1. The summed E-state index contributed by atoms with van der Waals surface area (Å²) in [6, 6.07) is 4.99. The van der Waals surface area contributed by atoms with Gasteiger partial charge in [0, 0.05) is 16.6 Å². The average molecular weight is 319 g/mol. The van der Waals surface area contributed by atoms with Gasteiger partial charge in [-0.15, -0.1) is 0 Å². The molecule has 1 aromatic rings. The Hall–Kier alpha value is -0.580. The summed E-state index contributed by atoms with van der Waals surface area (Å²) in [6.07, 6.45) is 2.55. The van der Waals surface area contributed by atoms with Crippen molar-refractivity contribution in [2.75, 3.05) is 6.54 Å². The van der Waals surface area contributed by atoms with Crippen LogP contribution in [0.4, 0.5) is 0 Å². The molecule has 2 rings (SSSR count). The van der Waals surface area contributed by atoms with E-state index >= 15 is 0 Å². The molecule has 1 amide bonds. The van der Waals surface area contributed by atoms with Gasteiger partial charge in [0.15, 0.2) is 0 Å². The van der Waals surface area contributed by atoms with E-state index in [1.807, 2.05) is 0 Å². The number of rotatable bonds is 3. The van der Waals surface area contributed by atoms with E-state index in [-0.39, 0.29) is 5.91 Å². The van der Waals surface area contributed by atoms with Crippen LogP contribution in [0.15, 0.2) is 22.7 Å². The van der Waals surface area contributed by atoms with E-state index in [1.54, 1.807) is 18.2 Å². The van der Waals surface area contributed by atoms with Crippen LogP contribution >= 0.6 is 27.5 Å². The Labute approximate surface area is 113 Å². The van der Waals surface area contributed by atoms with Gasteiger partial charge >= 0.3 is 0 Å². The molecular formula is C12H13BrClNO2. The SMILES string of the molecule is O=C(NCC1(O)CCC1)c1ccc(Cl)c(Br)c1. The molecule has 3 nitrogen and oxygen atoms in total. The fourth-order valence-electron chi connectivity index (χ4n) is 1.75. The predicted octanol–water partition coefficient (Wildman–Crippen LogP) is 2.75. The first-order valence-electron chi connectivity index (χ1n) is 5.46. The lowest BCUT2D eigenvalue weighted by molar-refractivity contribution is -0.0300. The number of carbonyl (C=O) groups is 1. The van der Waals surface area contributed by atoms with Crippen LogP contribution in [0.25, 0.3) is 0 Å². The number of hydrogen-bond donors (Lipinski definition) is 2. The van der Waals surface area contributed by atoms with Crippen LogP contribution in [-0.4, -0.2) is 23.2 Å². The van der Waals surface area contributed by atoms with Gasteiger partial charge in [-0.05, 0) is 53.4 Å². The molecule has 0 atom stereocenters. The van der Waals surface area contributed by atoms with Crippen molar-refractivity contribution in [2.24, 2.45) is 0 Å². The van der Waals surface area contributed by atoms with Gasteiger partial charge in [0.25, 0.3) is 5.91 Å². The second-order valence-corrected chi connectivity index (χ2v) is 5.65. The molecular weight excluding hydrogens is 305 g/mol. The monoisotopic (exact) mass is 317 g/mol. The Bertz CT molecular complexity index is 446.